The van der Waals surface area contributed by atoms with Gasteiger partial charge < -0.3 is 24.4 Å². The summed E-state index contributed by atoms with van der Waals surface area (Å²) in [4.78, 5) is 0. The summed E-state index contributed by atoms with van der Waals surface area (Å²) in [5.74, 6) is 0.322. The fourth-order valence-corrected chi connectivity index (χ4v) is 1.20. The first-order valence-electron chi connectivity index (χ1n) is 5.53. The summed E-state index contributed by atoms with van der Waals surface area (Å²) < 4.78 is 15.0. The topological polar surface area (TPSA) is 74.8 Å². The molecule has 0 saturated carbocycles. The summed E-state index contributed by atoms with van der Waals surface area (Å²) in [5, 5.41) is 17.2. The number of epoxide rings is 2. The molecule has 3 unspecified atom stereocenters. The molecule has 5 heteroatoms. The van der Waals surface area contributed by atoms with E-state index < -0.39 is 0 Å². The summed E-state index contributed by atoms with van der Waals surface area (Å²) in [6, 6.07) is 8.71. The summed E-state index contributed by atoms with van der Waals surface area (Å²) in [5.41, 5.74) is 0. The maximum Gasteiger partial charge on any atom is 0.186 e. The number of aliphatic hydroxyl groups excluding tert-OH is 1. The van der Waals surface area contributed by atoms with Gasteiger partial charge in [-0.1, -0.05) is 18.2 Å². The highest BCUT2D eigenvalue weighted by molar-refractivity contribution is 5.18. The highest BCUT2D eigenvalue weighted by Crippen LogP contribution is 2.23. The third-order valence-electron chi connectivity index (χ3n) is 2.32. The summed E-state index contributed by atoms with van der Waals surface area (Å²) >= 11 is 0. The predicted molar refractivity (Wildman–Crippen MR) is 59.5 cm³/mol. The first kappa shape index (κ1) is 12.3. The van der Waals surface area contributed by atoms with E-state index in [1.54, 1.807) is 24.3 Å². The van der Waals surface area contributed by atoms with Crippen LogP contribution in [0.4, 0.5) is 0 Å². The minimum atomic E-state index is -0.172. The van der Waals surface area contributed by atoms with Gasteiger partial charge in [0, 0.05) is 0 Å². The van der Waals surface area contributed by atoms with Crippen molar-refractivity contribution in [2.75, 3.05) is 19.8 Å². The molecule has 2 fully saturated rings. The maximum atomic E-state index is 8.63. The molecular weight excluding hydrogens is 224 g/mol. The standard InChI is InChI=1S/C6H10O4.C6H6O/c7-1-5-6(10-5)9-3-4-2-8-4;7-6-4-2-1-3-5-6/h4-7H,1-3H2;1-5,7H. The largest absolute Gasteiger partial charge is 0.508 e. The number of hydrogen-bond donors (Lipinski definition) is 2. The van der Waals surface area contributed by atoms with Crippen molar-refractivity contribution < 1.29 is 24.4 Å². The first-order valence-corrected chi connectivity index (χ1v) is 5.53. The molecule has 2 aliphatic rings. The molecule has 0 radical (unpaired) electrons. The number of aromatic hydroxyl groups is 1. The molecule has 17 heavy (non-hydrogen) atoms. The Labute approximate surface area is 99.5 Å². The fourth-order valence-electron chi connectivity index (χ4n) is 1.20. The van der Waals surface area contributed by atoms with Crippen LogP contribution in [0.3, 0.4) is 0 Å². The van der Waals surface area contributed by atoms with E-state index in [0.29, 0.717) is 12.4 Å². The molecule has 1 aromatic rings. The molecule has 94 valence electrons. The van der Waals surface area contributed by atoms with Crippen molar-refractivity contribution in [1.82, 2.24) is 0 Å². The van der Waals surface area contributed by atoms with E-state index in [1.807, 2.05) is 6.07 Å². The van der Waals surface area contributed by atoms with Gasteiger partial charge in [0.15, 0.2) is 6.29 Å². The molecule has 0 amide bonds. The monoisotopic (exact) mass is 240 g/mol. The second-order valence-electron chi connectivity index (χ2n) is 3.85. The van der Waals surface area contributed by atoms with Gasteiger partial charge in [0.05, 0.1) is 19.8 Å². The van der Waals surface area contributed by atoms with Gasteiger partial charge in [0.1, 0.15) is 18.0 Å². The molecule has 0 aromatic heterocycles. The van der Waals surface area contributed by atoms with E-state index in [-0.39, 0.29) is 25.1 Å². The molecule has 2 heterocycles. The Balaban J connectivity index is 0.000000136. The summed E-state index contributed by atoms with van der Waals surface area (Å²) in [6.45, 7) is 1.45. The SMILES string of the molecule is OCC1OC1OCC1CO1.Oc1ccccc1. The lowest BCUT2D eigenvalue weighted by Gasteiger charge is -1.93. The first-order chi connectivity index (χ1) is 8.29. The van der Waals surface area contributed by atoms with Crippen LogP contribution in [0.25, 0.3) is 0 Å². The Kier molecular flexibility index (Phi) is 4.33. The lowest BCUT2D eigenvalue weighted by Crippen LogP contribution is -2.08. The Morgan fingerprint density at radius 2 is 2.00 bits per heavy atom. The van der Waals surface area contributed by atoms with Crippen LogP contribution in [0.1, 0.15) is 0 Å². The molecule has 0 aliphatic carbocycles. The molecule has 3 atom stereocenters. The number of phenolic OH excluding ortho intramolecular Hbond substituents is 1. The molecule has 0 spiro atoms. The van der Waals surface area contributed by atoms with Crippen LogP contribution in [-0.2, 0) is 14.2 Å². The van der Waals surface area contributed by atoms with E-state index in [4.69, 9.17) is 24.4 Å². The van der Waals surface area contributed by atoms with Crippen molar-refractivity contribution in [3.05, 3.63) is 30.3 Å². The van der Waals surface area contributed by atoms with Crippen LogP contribution in [0.15, 0.2) is 30.3 Å². The average molecular weight is 240 g/mol. The molecule has 3 rings (SSSR count). The maximum absolute atomic E-state index is 8.63. The number of rotatable bonds is 4. The van der Waals surface area contributed by atoms with Crippen molar-refractivity contribution in [2.24, 2.45) is 0 Å². The van der Waals surface area contributed by atoms with Crippen LogP contribution in [0, 0.1) is 0 Å². The normalized spacial score (nSPS) is 29.1. The molecule has 2 saturated heterocycles. The van der Waals surface area contributed by atoms with E-state index >= 15 is 0 Å². The van der Waals surface area contributed by atoms with Gasteiger partial charge >= 0.3 is 0 Å². The number of benzene rings is 1. The Morgan fingerprint density at radius 1 is 1.29 bits per heavy atom. The summed E-state index contributed by atoms with van der Waals surface area (Å²) in [6.07, 6.45) is 0.0245. The zero-order valence-electron chi connectivity index (χ0n) is 9.36. The van der Waals surface area contributed by atoms with E-state index in [1.165, 1.54) is 0 Å². The van der Waals surface area contributed by atoms with Gasteiger partial charge in [-0.05, 0) is 12.1 Å². The van der Waals surface area contributed by atoms with Crippen LogP contribution in [0.5, 0.6) is 5.75 Å². The summed E-state index contributed by atoms with van der Waals surface area (Å²) in [7, 11) is 0. The van der Waals surface area contributed by atoms with Crippen LogP contribution in [-0.4, -0.2) is 48.5 Å². The van der Waals surface area contributed by atoms with Gasteiger partial charge in [0.25, 0.3) is 0 Å². The van der Waals surface area contributed by atoms with Gasteiger partial charge in [-0.2, -0.15) is 0 Å². The predicted octanol–water partition coefficient (Wildman–Crippen LogP) is 0.511. The third kappa shape index (κ3) is 4.70. The molecule has 0 bridgehead atoms. The van der Waals surface area contributed by atoms with Crippen molar-refractivity contribution in [1.29, 1.82) is 0 Å². The van der Waals surface area contributed by atoms with Gasteiger partial charge in [-0.3, -0.25) is 0 Å². The highest BCUT2D eigenvalue weighted by Gasteiger charge is 2.40. The second-order valence-corrected chi connectivity index (χ2v) is 3.85. The van der Waals surface area contributed by atoms with Gasteiger partial charge in [-0.25, -0.2) is 0 Å². The Hall–Kier alpha value is -1.14. The lowest BCUT2D eigenvalue weighted by molar-refractivity contribution is 0.0405. The van der Waals surface area contributed by atoms with E-state index in [2.05, 4.69) is 0 Å². The quantitative estimate of drug-likeness (QED) is 0.750. The average Bonchev–Trinajstić information content (AvgIpc) is 3.23. The van der Waals surface area contributed by atoms with Gasteiger partial charge in [0.2, 0.25) is 0 Å². The fraction of sp³-hybridized carbons (Fsp3) is 0.500. The second kappa shape index (κ2) is 5.97. The Bertz CT molecular complexity index is 325. The van der Waals surface area contributed by atoms with Gasteiger partial charge in [-0.15, -0.1) is 0 Å². The number of hydrogen-bond acceptors (Lipinski definition) is 5. The third-order valence-corrected chi connectivity index (χ3v) is 2.32. The van der Waals surface area contributed by atoms with E-state index in [0.717, 1.165) is 6.61 Å². The minimum absolute atomic E-state index is 0.0518. The van der Waals surface area contributed by atoms with Crippen molar-refractivity contribution in [2.45, 2.75) is 18.5 Å². The smallest absolute Gasteiger partial charge is 0.186 e. The lowest BCUT2D eigenvalue weighted by atomic mass is 10.3. The van der Waals surface area contributed by atoms with Crippen molar-refractivity contribution in [3.63, 3.8) is 0 Å². The zero-order valence-corrected chi connectivity index (χ0v) is 9.36. The van der Waals surface area contributed by atoms with Crippen LogP contribution >= 0.6 is 0 Å². The Morgan fingerprint density at radius 3 is 2.41 bits per heavy atom. The van der Waals surface area contributed by atoms with Crippen molar-refractivity contribution >= 4 is 0 Å². The number of phenols is 1. The van der Waals surface area contributed by atoms with Crippen molar-refractivity contribution in [3.8, 4) is 5.75 Å². The van der Waals surface area contributed by atoms with E-state index in [9.17, 15) is 0 Å². The number of aliphatic hydroxyl groups is 1. The van der Waals surface area contributed by atoms with Crippen LogP contribution in [0.2, 0.25) is 0 Å². The zero-order chi connectivity index (χ0) is 12.1. The number of para-hydroxylation sites is 1. The molecule has 1 aromatic carbocycles. The molecular formula is C12H16O5. The van der Waals surface area contributed by atoms with Crippen LogP contribution < -0.4 is 0 Å². The highest BCUT2D eigenvalue weighted by atomic mass is 16.8. The minimum Gasteiger partial charge on any atom is -0.508 e. The molecule has 2 aliphatic heterocycles. The number of ether oxygens (including phenoxy) is 3. The molecule has 5 nitrogen and oxygen atoms in total. The molecule has 2 N–H and O–H groups in total.